The van der Waals surface area contributed by atoms with E-state index in [-0.39, 0.29) is 85.3 Å². The van der Waals surface area contributed by atoms with Gasteiger partial charge in [-0.05, 0) is 109 Å². The molecule has 26 nitrogen and oxygen atoms in total. The van der Waals surface area contributed by atoms with Gasteiger partial charge < -0.3 is 46.7 Å². The molecule has 123 heavy (non-hydrogen) atoms. The number of ketones is 1. The van der Waals surface area contributed by atoms with Gasteiger partial charge in [-0.1, -0.05) is 239 Å². The van der Waals surface area contributed by atoms with Crippen LogP contribution in [0.3, 0.4) is 0 Å². The van der Waals surface area contributed by atoms with Gasteiger partial charge in [-0.3, -0.25) is 58.7 Å². The van der Waals surface area contributed by atoms with Crippen molar-refractivity contribution in [2.75, 3.05) is 52.2 Å². The Kier molecular flexibility index (Phi) is 45.8. The minimum atomic E-state index is -3.22. The van der Waals surface area contributed by atoms with E-state index in [4.69, 9.17) is 48.4 Å². The number of aliphatic hydroxyl groups is 1. The molecule has 7 aromatic carbocycles. The van der Waals surface area contributed by atoms with Crippen LogP contribution in [0.25, 0.3) is 67.4 Å². The van der Waals surface area contributed by atoms with E-state index in [0.29, 0.717) is 72.0 Å². The first-order valence-corrected chi connectivity index (χ1v) is 42.7. The zero-order chi connectivity index (χ0) is 86.0. The predicted octanol–water partition coefficient (Wildman–Crippen LogP) is 12.7. The summed E-state index contributed by atoms with van der Waals surface area (Å²) >= 11 is 20.0. The number of hydrogen-bond donors (Lipinski definition) is 8. The minimum Gasteiger partial charge on any atom is -0.857 e. The Balaban J connectivity index is 0.000000254. The number of Topliss-reactive ketones (excluding diaryl/α,β-unsaturated/α-hetero) is 1. The van der Waals surface area contributed by atoms with E-state index in [1.165, 1.54) is 11.1 Å². The average molecular weight is 1770 g/mol. The number of fused-ring (bicyclic) bond motifs is 4. The van der Waals surface area contributed by atoms with Crippen LogP contribution < -0.4 is 68.1 Å². The molecule has 0 aliphatic carbocycles. The monoisotopic (exact) mass is 1770 g/mol. The third kappa shape index (κ3) is 34.6. The molecular formula is C91H99Cl4N17NaO9P. The van der Waals surface area contributed by atoms with Crippen molar-refractivity contribution in [1.82, 2.24) is 69.9 Å². The maximum Gasteiger partial charge on any atom is 1.00 e. The second kappa shape index (κ2) is 55.1. The van der Waals surface area contributed by atoms with Crippen LogP contribution in [0, 0.1) is 11.3 Å². The molecule has 7 aromatic heterocycles. The first-order valence-electron chi connectivity index (χ1n) is 37.9. The number of hydrogen-bond acceptors (Lipinski definition) is 22. The number of carbonyl (C=O) groups is 2. The van der Waals surface area contributed by atoms with Crippen molar-refractivity contribution < 1.29 is 58.7 Å². The number of aliphatic hydroxyl groups excluding tert-OH is 1. The number of esters is 1. The maximum atomic E-state index is 12.4. The number of rotatable bonds is 11. The SMILES string of the molecule is C.C.CCO.CCOC(=O)C1CCN(Cc2ccccc2)CC1=O.C[O-].Clc1nc(-c2ccccc2)nc2cnccc12.N=C(N)c1ccccc1.Nc1ccncc1.O=P(Cl)(Cl)Cl.O=c1[nH]c(-c2ccccc2)nc2c1CCN(Cc1ccccc1)C2.O=c1[nH]c(-c2ccccc2)nc2c1CCNC2.O=c1[nH]c(-c2ccccc2)nc2cnccc12.[Na+]. The topological polar surface area (TPSA) is 400 Å². The Morgan fingerprint density at radius 1 is 0.545 bits per heavy atom. The molecule has 636 valence electrons. The van der Waals surface area contributed by atoms with Gasteiger partial charge in [-0.2, -0.15) is 7.11 Å². The second-order valence-electron chi connectivity index (χ2n) is 26.1. The summed E-state index contributed by atoms with van der Waals surface area (Å²) in [6.07, 6.45) is 11.9. The number of ether oxygens (including phenoxy) is 1. The van der Waals surface area contributed by atoms with Gasteiger partial charge in [0.05, 0.1) is 53.4 Å². The third-order valence-corrected chi connectivity index (χ3v) is 17.9. The van der Waals surface area contributed by atoms with Crippen LogP contribution in [0.15, 0.2) is 288 Å². The molecule has 0 amide bonds. The second-order valence-corrected chi connectivity index (χ2v) is 33.1. The Morgan fingerprint density at radius 3 is 1.40 bits per heavy atom. The summed E-state index contributed by atoms with van der Waals surface area (Å²) in [6.45, 7) is 9.87. The summed E-state index contributed by atoms with van der Waals surface area (Å²) in [7, 11) is 0.750. The fraction of sp³-hybridized carbons (Fsp3) is 0.209. The van der Waals surface area contributed by atoms with E-state index in [1.807, 2.05) is 194 Å². The van der Waals surface area contributed by atoms with E-state index < -0.39 is 11.1 Å². The first-order chi connectivity index (χ1) is 58.1. The molecule has 32 heteroatoms. The summed E-state index contributed by atoms with van der Waals surface area (Å²) in [5, 5.41) is 24.7. The number of aromatic nitrogens is 11. The van der Waals surface area contributed by atoms with Gasteiger partial charge in [0.1, 0.15) is 34.4 Å². The summed E-state index contributed by atoms with van der Waals surface area (Å²) in [5.74, 6) is 1.65. The number of benzene rings is 7. The molecule has 0 bridgehead atoms. The standard InChI is InChI=1S/C20H19N3O.C15H19NO3.C13H8ClN3.C13H13N3O.C13H9N3O.C7H8N2.C5H6N2.C2H6O.CH3O.2CH4.Cl3OP.Na/c24-20-17-11-12-23(13-15-7-3-1-4-8-15)14-18(17)21-19(22-20)16-9-5-2-6-10-16;1-2-19-15(18)13-8-9-16(11-14(13)17)10-12-6-4-3-5-7-12;14-12-10-6-7-15-8-11(10)16-13(17-12)9-4-2-1-3-5-9;2*17-13-10-6-7-14-8-11(10)15-12(16-13)9-4-2-1-3-5-9;8-7(9)6-4-2-1-3-5-6;6-5-1-3-7-4-2-5;1-2-3;1-2;;;1-5(2,3)4;/h1-10H,11-14H2,(H,21,22,24);3-7,13H,2,8-11H2,1H3;1-8H;1-5,14H,6-8H2,(H,15,16,17);1-8H,(H,15,16,17);1-5H,(H3,8,9);1-4H,(H2,6,7);3H,2H2,1H3;1H3;2*1H4;;/q;;;;;;;;-1;;;;+1. The fourth-order valence-corrected chi connectivity index (χ4v) is 12.3. The van der Waals surface area contributed by atoms with Crippen molar-refractivity contribution in [2.24, 2.45) is 11.7 Å². The first kappa shape index (κ1) is 102. The number of nitrogens with two attached hydrogens (primary N) is 2. The summed E-state index contributed by atoms with van der Waals surface area (Å²) in [4.78, 5) is 107. The number of nitrogens with zero attached hydrogens (tertiary/aromatic N) is 10. The minimum absolute atomic E-state index is 0. The number of H-pyrrole nitrogens is 3. The fourth-order valence-electron chi connectivity index (χ4n) is 12.0. The van der Waals surface area contributed by atoms with Gasteiger partial charge in [0.25, 0.3) is 16.7 Å². The van der Waals surface area contributed by atoms with Crippen LogP contribution in [0.4, 0.5) is 5.69 Å². The number of likely N-dealkylation sites (tertiary alicyclic amines) is 1. The third-order valence-electron chi connectivity index (χ3n) is 17.6. The van der Waals surface area contributed by atoms with E-state index in [0.717, 1.165) is 120 Å². The molecule has 17 rings (SSSR count). The molecule has 1 fully saturated rings. The average Bonchev–Trinajstić information content (AvgIpc) is 0.800. The van der Waals surface area contributed by atoms with Crippen LogP contribution in [0.2, 0.25) is 5.15 Å². The number of anilines is 1. The molecule has 3 aliphatic heterocycles. The van der Waals surface area contributed by atoms with Gasteiger partial charge in [0.2, 0.25) is 0 Å². The molecule has 1 unspecified atom stereocenters. The normalized spacial score (nSPS) is 12.7. The van der Waals surface area contributed by atoms with Crippen molar-refractivity contribution in [2.45, 2.75) is 74.1 Å². The number of aromatic amines is 3. The number of nitrogens with one attached hydrogen (secondary N) is 5. The van der Waals surface area contributed by atoms with Crippen LogP contribution in [0.1, 0.15) is 74.3 Å². The Hall–Kier alpha value is -11.2. The van der Waals surface area contributed by atoms with Crippen molar-refractivity contribution in [3.8, 4) is 45.6 Å². The number of amidine groups is 1. The van der Waals surface area contributed by atoms with Gasteiger partial charge in [-0.15, -0.1) is 0 Å². The van der Waals surface area contributed by atoms with Crippen molar-refractivity contribution in [3.05, 3.63) is 349 Å². The van der Waals surface area contributed by atoms with Gasteiger partial charge in [0, 0.05) is 121 Å². The summed E-state index contributed by atoms with van der Waals surface area (Å²) < 4.78 is 14.4. The molecule has 10 heterocycles. The van der Waals surface area contributed by atoms with Crippen LogP contribution >= 0.6 is 50.5 Å². The van der Waals surface area contributed by atoms with Crippen LogP contribution in [-0.4, -0.2) is 134 Å². The Labute approximate surface area is 756 Å². The summed E-state index contributed by atoms with van der Waals surface area (Å²) in [5.41, 5.74) is 22.9. The van der Waals surface area contributed by atoms with Gasteiger partial charge >= 0.3 is 40.7 Å². The Morgan fingerprint density at radius 2 is 0.951 bits per heavy atom. The molecule has 0 saturated carbocycles. The number of nitrogen functional groups attached to an aromatic ring is 2. The van der Waals surface area contributed by atoms with E-state index in [9.17, 15) is 28.5 Å². The van der Waals surface area contributed by atoms with Crippen molar-refractivity contribution in [1.29, 1.82) is 5.41 Å². The smallest absolute Gasteiger partial charge is 0.857 e. The molecule has 1 saturated heterocycles. The van der Waals surface area contributed by atoms with Crippen molar-refractivity contribution in [3.63, 3.8) is 0 Å². The zero-order valence-corrected chi connectivity index (χ0v) is 73.0. The van der Waals surface area contributed by atoms with Crippen LogP contribution in [0.5, 0.6) is 0 Å². The van der Waals surface area contributed by atoms with Gasteiger partial charge in [0.15, 0.2) is 11.6 Å². The zero-order valence-electron chi connectivity index (χ0n) is 67.0. The van der Waals surface area contributed by atoms with E-state index >= 15 is 0 Å². The number of halogens is 4. The molecule has 14 aromatic rings. The number of carbonyl (C=O) groups excluding carboxylic acids is 2. The molecule has 0 spiro atoms. The van der Waals surface area contributed by atoms with Crippen molar-refractivity contribution >= 4 is 95.6 Å². The van der Waals surface area contributed by atoms with E-state index in [2.05, 4.69) is 123 Å². The predicted molar refractivity (Wildman–Crippen MR) is 489 cm³/mol. The molecule has 0 radical (unpaired) electrons. The maximum absolute atomic E-state index is 12.4. The van der Waals surface area contributed by atoms with Crippen LogP contribution in [-0.2, 0) is 57.9 Å². The number of piperidine rings is 1. The molecule has 10 N–H and O–H groups in total. The van der Waals surface area contributed by atoms with Gasteiger partial charge in [-0.25, -0.2) is 24.9 Å². The quantitative estimate of drug-likeness (QED) is 0.0113. The largest absolute Gasteiger partial charge is 1.00 e. The Bertz CT molecular complexity index is 5730. The molecule has 3 aliphatic rings. The molecular weight excluding hydrogens is 1670 g/mol. The summed E-state index contributed by atoms with van der Waals surface area (Å²) in [6, 6.07) is 75.5. The number of pyridine rings is 3. The van der Waals surface area contributed by atoms with E-state index in [1.54, 1.807) is 69.2 Å². The molecule has 1 atom stereocenters.